The zero-order chi connectivity index (χ0) is 24.1. The normalized spacial score (nSPS) is 10.4. The number of carbonyl (C=O) groups is 2. The van der Waals surface area contributed by atoms with E-state index in [9.17, 15) is 14.9 Å². The van der Waals surface area contributed by atoms with Crippen LogP contribution < -0.4 is 10.6 Å². The molecule has 0 spiro atoms. The molecule has 0 aliphatic carbocycles. The van der Waals surface area contributed by atoms with E-state index >= 15 is 0 Å². The number of hydrogen-bond donors (Lipinski definition) is 2. The minimum Gasteiger partial charge on any atom is -0.438 e. The lowest BCUT2D eigenvalue weighted by Gasteiger charge is -2.07. The maximum atomic E-state index is 12.6. The van der Waals surface area contributed by atoms with Crippen LogP contribution in [0.2, 0.25) is 10.0 Å². The second-order valence-corrected chi connectivity index (χ2v) is 8.05. The largest absolute Gasteiger partial charge is 0.438 e. The lowest BCUT2D eigenvalue weighted by Crippen LogP contribution is -2.33. The van der Waals surface area contributed by atoms with Crippen molar-refractivity contribution in [1.29, 1.82) is 5.26 Å². The van der Waals surface area contributed by atoms with Crippen LogP contribution >= 0.6 is 23.2 Å². The summed E-state index contributed by atoms with van der Waals surface area (Å²) in [7, 11) is 0. The monoisotopic (exact) mass is 489 g/mol. The molecule has 8 heteroatoms. The lowest BCUT2D eigenvalue weighted by molar-refractivity contribution is -0.115. The second-order valence-electron chi connectivity index (χ2n) is 7.21. The summed E-state index contributed by atoms with van der Waals surface area (Å²) < 4.78 is 5.97. The highest BCUT2D eigenvalue weighted by Crippen LogP contribution is 2.41. The van der Waals surface area contributed by atoms with Gasteiger partial charge in [0.1, 0.15) is 17.4 Å². The van der Waals surface area contributed by atoms with Gasteiger partial charge >= 0.3 is 0 Å². The first-order chi connectivity index (χ1) is 16.5. The van der Waals surface area contributed by atoms with Crippen LogP contribution in [0.25, 0.3) is 22.5 Å². The summed E-state index contributed by atoms with van der Waals surface area (Å²) in [6, 6.07) is 25.2. The average Bonchev–Trinajstić information content (AvgIpc) is 3.21. The maximum Gasteiger partial charge on any atom is 0.253 e. The van der Waals surface area contributed by atoms with E-state index in [1.165, 1.54) is 18.2 Å². The van der Waals surface area contributed by atoms with Gasteiger partial charge in [0.2, 0.25) is 11.8 Å². The van der Waals surface area contributed by atoms with Crippen molar-refractivity contribution >= 4 is 40.9 Å². The highest BCUT2D eigenvalue weighted by atomic mass is 35.5. The van der Waals surface area contributed by atoms with Crippen molar-refractivity contribution in [2.75, 3.05) is 11.9 Å². The molecule has 168 valence electrons. The van der Waals surface area contributed by atoms with E-state index in [0.717, 1.165) is 11.1 Å². The van der Waals surface area contributed by atoms with Gasteiger partial charge in [0.25, 0.3) is 5.91 Å². The number of carbonyl (C=O) groups excluding carboxylic acids is 2. The Morgan fingerprint density at radius 2 is 1.56 bits per heavy atom. The minimum absolute atomic E-state index is 0.00369. The van der Waals surface area contributed by atoms with E-state index in [1.807, 2.05) is 60.7 Å². The topological polar surface area (TPSA) is 95.1 Å². The first-order valence-electron chi connectivity index (χ1n) is 10.2. The van der Waals surface area contributed by atoms with Crippen LogP contribution in [0, 0.1) is 11.3 Å². The molecule has 0 radical (unpaired) electrons. The van der Waals surface area contributed by atoms with Crippen LogP contribution in [-0.4, -0.2) is 18.4 Å². The Labute approximate surface area is 205 Å². The molecule has 1 heterocycles. The highest BCUT2D eigenvalue weighted by molar-refractivity contribution is 6.36. The van der Waals surface area contributed by atoms with Gasteiger partial charge in [0.15, 0.2) is 0 Å². The van der Waals surface area contributed by atoms with Crippen LogP contribution in [0.15, 0.2) is 83.3 Å². The molecule has 1 aromatic heterocycles. The Hall–Kier alpha value is -4.05. The SMILES string of the molecule is N#Cc1c(NC(=O)CNC(=O)c2ccc(Cl)cc2Cl)oc(-c2ccccc2)c1-c1ccccc1. The van der Waals surface area contributed by atoms with Gasteiger partial charge in [-0.05, 0) is 23.8 Å². The maximum absolute atomic E-state index is 12.6. The molecule has 3 aromatic carbocycles. The van der Waals surface area contributed by atoms with E-state index < -0.39 is 11.8 Å². The van der Waals surface area contributed by atoms with Gasteiger partial charge < -0.3 is 9.73 Å². The first kappa shape index (κ1) is 23.1. The van der Waals surface area contributed by atoms with Gasteiger partial charge in [-0.15, -0.1) is 0 Å². The van der Waals surface area contributed by atoms with Gasteiger partial charge in [-0.25, -0.2) is 0 Å². The quantitative estimate of drug-likeness (QED) is 0.338. The van der Waals surface area contributed by atoms with Gasteiger partial charge in [-0.2, -0.15) is 5.26 Å². The Morgan fingerprint density at radius 1 is 0.912 bits per heavy atom. The summed E-state index contributed by atoms with van der Waals surface area (Å²) in [6.07, 6.45) is 0. The van der Waals surface area contributed by atoms with E-state index in [-0.39, 0.29) is 28.6 Å². The van der Waals surface area contributed by atoms with E-state index in [1.54, 1.807) is 0 Å². The average molecular weight is 490 g/mol. The number of furan rings is 1. The van der Waals surface area contributed by atoms with E-state index in [2.05, 4.69) is 16.7 Å². The fourth-order valence-corrected chi connectivity index (χ4v) is 3.89. The van der Waals surface area contributed by atoms with Gasteiger partial charge in [-0.1, -0.05) is 83.9 Å². The van der Waals surface area contributed by atoms with Gasteiger partial charge in [0, 0.05) is 16.1 Å². The predicted molar refractivity (Wildman–Crippen MR) is 132 cm³/mol. The number of hydrogen-bond acceptors (Lipinski definition) is 4. The molecule has 0 saturated carbocycles. The smallest absolute Gasteiger partial charge is 0.253 e. The van der Waals surface area contributed by atoms with Crippen molar-refractivity contribution in [3.63, 3.8) is 0 Å². The van der Waals surface area contributed by atoms with E-state index in [4.69, 9.17) is 27.6 Å². The molecule has 2 N–H and O–H groups in total. The van der Waals surface area contributed by atoms with Crippen molar-refractivity contribution < 1.29 is 14.0 Å². The number of benzene rings is 3. The number of halogens is 2. The summed E-state index contributed by atoms with van der Waals surface area (Å²) in [6.45, 7) is -0.356. The minimum atomic E-state index is -0.567. The molecule has 0 fully saturated rings. The first-order valence-corrected chi connectivity index (χ1v) is 10.9. The zero-order valence-electron chi connectivity index (χ0n) is 17.6. The molecule has 0 unspecified atom stereocenters. The molecule has 0 atom stereocenters. The molecular weight excluding hydrogens is 473 g/mol. The third-order valence-electron chi connectivity index (χ3n) is 4.96. The van der Waals surface area contributed by atoms with Gasteiger partial charge in [0.05, 0.1) is 17.1 Å². The van der Waals surface area contributed by atoms with Crippen molar-refractivity contribution in [3.8, 4) is 28.5 Å². The summed E-state index contributed by atoms with van der Waals surface area (Å²) in [5.41, 5.74) is 2.47. The van der Waals surface area contributed by atoms with Crippen molar-refractivity contribution in [2.45, 2.75) is 0 Å². The summed E-state index contributed by atoms with van der Waals surface area (Å²) in [4.78, 5) is 25.0. The van der Waals surface area contributed by atoms with E-state index in [0.29, 0.717) is 16.3 Å². The molecule has 0 aliphatic heterocycles. The third kappa shape index (κ3) is 4.96. The van der Waals surface area contributed by atoms with Gasteiger partial charge in [-0.3, -0.25) is 14.9 Å². The Bertz CT molecular complexity index is 1390. The van der Waals surface area contributed by atoms with Crippen LogP contribution in [-0.2, 0) is 4.79 Å². The van der Waals surface area contributed by atoms with Crippen LogP contribution in [0.4, 0.5) is 5.88 Å². The second kappa shape index (κ2) is 10.3. The van der Waals surface area contributed by atoms with Crippen molar-refractivity contribution in [3.05, 3.63) is 100 Å². The number of anilines is 1. The number of nitrogens with one attached hydrogen (secondary N) is 2. The third-order valence-corrected chi connectivity index (χ3v) is 5.50. The molecule has 6 nitrogen and oxygen atoms in total. The summed E-state index contributed by atoms with van der Waals surface area (Å²) in [5, 5.41) is 15.6. The molecule has 0 bridgehead atoms. The molecule has 0 saturated heterocycles. The lowest BCUT2D eigenvalue weighted by atomic mass is 9.98. The van der Waals surface area contributed by atoms with Crippen LogP contribution in [0.5, 0.6) is 0 Å². The fraction of sp³-hybridized carbons (Fsp3) is 0.0385. The summed E-state index contributed by atoms with van der Waals surface area (Å²) >= 11 is 11.9. The number of nitrogens with zero attached hydrogens (tertiary/aromatic N) is 1. The summed E-state index contributed by atoms with van der Waals surface area (Å²) in [5.74, 6) is -0.644. The standard InChI is InChI=1S/C26H17Cl2N3O3/c27-18-11-12-19(21(28)13-18)25(33)30-15-22(32)31-26-20(14-29)23(16-7-3-1-4-8-16)24(34-26)17-9-5-2-6-10-17/h1-13H,15H2,(H,30,33)(H,31,32). The van der Waals surface area contributed by atoms with Crippen LogP contribution in [0.1, 0.15) is 15.9 Å². The number of nitriles is 1. The fourth-order valence-electron chi connectivity index (χ4n) is 3.40. The molecule has 34 heavy (non-hydrogen) atoms. The molecular formula is C26H17Cl2N3O3. The predicted octanol–water partition coefficient (Wildman–Crippen LogP) is 6.16. The zero-order valence-corrected chi connectivity index (χ0v) is 19.2. The number of rotatable bonds is 6. The Kier molecular flexibility index (Phi) is 6.98. The molecule has 2 amide bonds. The highest BCUT2D eigenvalue weighted by Gasteiger charge is 2.24. The number of amides is 2. The Morgan fingerprint density at radius 3 is 2.18 bits per heavy atom. The molecule has 0 aliphatic rings. The van der Waals surface area contributed by atoms with Crippen LogP contribution in [0.3, 0.4) is 0 Å². The Balaban J connectivity index is 1.59. The van der Waals surface area contributed by atoms with Crippen molar-refractivity contribution in [2.24, 2.45) is 0 Å². The molecule has 4 aromatic rings. The van der Waals surface area contributed by atoms with Crippen molar-refractivity contribution in [1.82, 2.24) is 5.32 Å². The molecule has 4 rings (SSSR count).